The molecule has 1 fully saturated rings. The topological polar surface area (TPSA) is 75.4 Å². The fraction of sp³-hybridized carbons (Fsp3) is 0.583. The van der Waals surface area contributed by atoms with Crippen LogP contribution < -0.4 is 4.90 Å². The van der Waals surface area contributed by atoms with Crippen molar-refractivity contribution < 1.29 is 14.7 Å². The molecule has 2 heterocycles. The molecule has 1 unspecified atom stereocenters. The van der Waals surface area contributed by atoms with Crippen molar-refractivity contribution in [2.45, 2.75) is 32.7 Å². The van der Waals surface area contributed by atoms with Crippen LogP contribution in [0.15, 0.2) is 12.4 Å². The van der Waals surface area contributed by atoms with Crippen LogP contribution in [0.1, 0.15) is 26.2 Å². The van der Waals surface area contributed by atoms with Gasteiger partial charge in [0, 0.05) is 25.7 Å². The summed E-state index contributed by atoms with van der Waals surface area (Å²) < 4.78 is 1.79. The number of aryl methyl sites for hydroxylation is 1. The lowest BCUT2D eigenvalue weighted by Crippen LogP contribution is -2.25. The maximum atomic E-state index is 11.7. The number of carbonyl (C=O) groups is 2. The van der Waals surface area contributed by atoms with E-state index < -0.39 is 11.9 Å². The predicted molar refractivity (Wildman–Crippen MR) is 65.2 cm³/mol. The van der Waals surface area contributed by atoms with Crippen LogP contribution >= 0.6 is 0 Å². The van der Waals surface area contributed by atoms with Crippen molar-refractivity contribution in [2.24, 2.45) is 5.92 Å². The van der Waals surface area contributed by atoms with Gasteiger partial charge < -0.3 is 10.0 Å². The lowest BCUT2D eigenvalue weighted by molar-refractivity contribution is -0.141. The van der Waals surface area contributed by atoms with Crippen LogP contribution in [-0.2, 0) is 16.1 Å². The van der Waals surface area contributed by atoms with E-state index in [9.17, 15) is 9.59 Å². The molecule has 1 aliphatic rings. The highest BCUT2D eigenvalue weighted by Crippen LogP contribution is 2.24. The molecule has 1 atom stereocenters. The number of rotatable bonds is 5. The lowest BCUT2D eigenvalue weighted by Gasteiger charge is -2.12. The lowest BCUT2D eigenvalue weighted by atomic mass is 10.1. The quantitative estimate of drug-likeness (QED) is 0.850. The van der Waals surface area contributed by atoms with Gasteiger partial charge in [-0.05, 0) is 6.42 Å². The van der Waals surface area contributed by atoms with E-state index in [4.69, 9.17) is 5.11 Å². The van der Waals surface area contributed by atoms with E-state index in [1.54, 1.807) is 17.1 Å². The number of unbranched alkanes of at least 4 members (excludes halogenated alkanes) is 1. The highest BCUT2D eigenvalue weighted by molar-refractivity contribution is 5.98. The van der Waals surface area contributed by atoms with E-state index in [-0.39, 0.29) is 18.9 Å². The number of nitrogens with zero attached hydrogens (tertiary/aromatic N) is 3. The Kier molecular flexibility index (Phi) is 3.64. The minimum absolute atomic E-state index is 0.0788. The molecule has 0 saturated carbocycles. The standard InChI is InChI=1S/C12H17N3O3/c1-2-3-4-14-8-10(6-13-14)15-7-9(12(17)18)5-11(15)16/h6,8-9H,2-5,7H2,1H3,(H,17,18). The number of carboxylic acid groups (broad SMARTS) is 1. The Morgan fingerprint density at radius 1 is 1.61 bits per heavy atom. The highest BCUT2D eigenvalue weighted by Gasteiger charge is 2.35. The first-order chi connectivity index (χ1) is 8.61. The molecular formula is C12H17N3O3. The molecule has 1 aliphatic heterocycles. The highest BCUT2D eigenvalue weighted by atomic mass is 16.4. The molecule has 1 amide bonds. The second-order valence-corrected chi connectivity index (χ2v) is 4.56. The zero-order chi connectivity index (χ0) is 13.1. The van der Waals surface area contributed by atoms with E-state index in [0.29, 0.717) is 5.69 Å². The van der Waals surface area contributed by atoms with E-state index in [1.165, 1.54) is 4.90 Å². The molecule has 0 aromatic carbocycles. The minimum Gasteiger partial charge on any atom is -0.481 e. The van der Waals surface area contributed by atoms with Crippen molar-refractivity contribution >= 4 is 17.6 Å². The monoisotopic (exact) mass is 251 g/mol. The summed E-state index contributed by atoms with van der Waals surface area (Å²) in [6.07, 6.45) is 5.62. The van der Waals surface area contributed by atoms with Gasteiger partial charge >= 0.3 is 5.97 Å². The second-order valence-electron chi connectivity index (χ2n) is 4.56. The van der Waals surface area contributed by atoms with Crippen molar-refractivity contribution in [3.8, 4) is 0 Å². The van der Waals surface area contributed by atoms with E-state index in [1.807, 2.05) is 0 Å². The predicted octanol–water partition coefficient (Wildman–Crippen LogP) is 1.12. The molecule has 18 heavy (non-hydrogen) atoms. The number of carboxylic acids is 1. The summed E-state index contributed by atoms with van der Waals surface area (Å²) in [7, 11) is 0. The first kappa shape index (κ1) is 12.6. The molecule has 1 aromatic rings. The summed E-state index contributed by atoms with van der Waals surface area (Å²) in [5, 5.41) is 13.1. The third-order valence-corrected chi connectivity index (χ3v) is 3.15. The number of anilines is 1. The van der Waals surface area contributed by atoms with Gasteiger partial charge in [0.05, 0.1) is 17.8 Å². The van der Waals surface area contributed by atoms with Gasteiger partial charge in [-0.1, -0.05) is 13.3 Å². The fourth-order valence-corrected chi connectivity index (χ4v) is 2.06. The molecule has 1 saturated heterocycles. The molecule has 6 nitrogen and oxygen atoms in total. The van der Waals surface area contributed by atoms with Crippen LogP contribution in [0.2, 0.25) is 0 Å². The van der Waals surface area contributed by atoms with Gasteiger partial charge in [-0.15, -0.1) is 0 Å². The number of aliphatic carboxylic acids is 1. The molecule has 1 N–H and O–H groups in total. The molecule has 0 spiro atoms. The summed E-state index contributed by atoms with van der Waals surface area (Å²) in [4.78, 5) is 24.1. The zero-order valence-corrected chi connectivity index (χ0v) is 10.4. The molecule has 1 aromatic heterocycles. The smallest absolute Gasteiger partial charge is 0.308 e. The average molecular weight is 251 g/mol. The van der Waals surface area contributed by atoms with Crippen LogP contribution in [0.3, 0.4) is 0 Å². The van der Waals surface area contributed by atoms with Crippen molar-refractivity contribution in [1.29, 1.82) is 0 Å². The Morgan fingerprint density at radius 3 is 3.00 bits per heavy atom. The first-order valence-electron chi connectivity index (χ1n) is 6.17. The second kappa shape index (κ2) is 5.20. The summed E-state index contributed by atoms with van der Waals surface area (Å²) in [6.45, 7) is 3.17. The maximum absolute atomic E-state index is 11.7. The Hall–Kier alpha value is -1.85. The van der Waals surface area contributed by atoms with Crippen molar-refractivity contribution in [1.82, 2.24) is 9.78 Å². The molecule has 6 heteroatoms. The summed E-state index contributed by atoms with van der Waals surface area (Å²) in [5.41, 5.74) is 0.694. The number of aromatic nitrogens is 2. The minimum atomic E-state index is -0.913. The van der Waals surface area contributed by atoms with Gasteiger partial charge in [0.2, 0.25) is 5.91 Å². The van der Waals surface area contributed by atoms with Crippen LogP contribution in [0.5, 0.6) is 0 Å². The zero-order valence-electron chi connectivity index (χ0n) is 10.4. The molecule has 0 aliphatic carbocycles. The Labute approximate surface area is 105 Å². The third-order valence-electron chi connectivity index (χ3n) is 3.15. The van der Waals surface area contributed by atoms with Crippen molar-refractivity contribution in [2.75, 3.05) is 11.4 Å². The molecule has 98 valence electrons. The Balaban J connectivity index is 2.05. The van der Waals surface area contributed by atoms with Gasteiger partial charge in [0.1, 0.15) is 0 Å². The summed E-state index contributed by atoms with van der Waals surface area (Å²) >= 11 is 0. The van der Waals surface area contributed by atoms with Gasteiger partial charge in [0.25, 0.3) is 0 Å². The van der Waals surface area contributed by atoms with E-state index >= 15 is 0 Å². The number of amides is 1. The van der Waals surface area contributed by atoms with Crippen LogP contribution in [0.25, 0.3) is 0 Å². The third kappa shape index (κ3) is 2.52. The van der Waals surface area contributed by atoms with Crippen molar-refractivity contribution in [3.63, 3.8) is 0 Å². The Morgan fingerprint density at radius 2 is 2.39 bits per heavy atom. The summed E-state index contributed by atoms with van der Waals surface area (Å²) in [5.74, 6) is -1.65. The maximum Gasteiger partial charge on any atom is 0.308 e. The average Bonchev–Trinajstić information content (AvgIpc) is 2.92. The van der Waals surface area contributed by atoms with Crippen LogP contribution in [0, 0.1) is 5.92 Å². The van der Waals surface area contributed by atoms with Crippen LogP contribution in [-0.4, -0.2) is 33.3 Å². The summed E-state index contributed by atoms with van der Waals surface area (Å²) in [6, 6.07) is 0. The van der Waals surface area contributed by atoms with Crippen molar-refractivity contribution in [3.05, 3.63) is 12.4 Å². The van der Waals surface area contributed by atoms with Gasteiger partial charge in [0.15, 0.2) is 0 Å². The molecular weight excluding hydrogens is 234 g/mol. The molecule has 2 rings (SSSR count). The van der Waals surface area contributed by atoms with Gasteiger partial charge in [-0.3, -0.25) is 14.3 Å². The van der Waals surface area contributed by atoms with E-state index in [0.717, 1.165) is 19.4 Å². The first-order valence-corrected chi connectivity index (χ1v) is 6.17. The SMILES string of the molecule is CCCCn1cc(N2CC(C(=O)O)CC2=O)cn1. The molecule has 0 bridgehead atoms. The largest absolute Gasteiger partial charge is 0.481 e. The van der Waals surface area contributed by atoms with Gasteiger partial charge in [-0.25, -0.2) is 0 Å². The number of hydrogen-bond acceptors (Lipinski definition) is 3. The Bertz CT molecular complexity index is 455. The van der Waals surface area contributed by atoms with E-state index in [2.05, 4.69) is 12.0 Å². The normalized spacial score (nSPS) is 19.5. The van der Waals surface area contributed by atoms with Crippen LogP contribution in [0.4, 0.5) is 5.69 Å². The number of hydrogen-bond donors (Lipinski definition) is 1. The number of carbonyl (C=O) groups excluding carboxylic acids is 1. The van der Waals surface area contributed by atoms with Gasteiger partial charge in [-0.2, -0.15) is 5.10 Å². The fourth-order valence-electron chi connectivity index (χ4n) is 2.06. The molecule has 0 radical (unpaired) electrons.